The summed E-state index contributed by atoms with van der Waals surface area (Å²) in [5.74, 6) is 0. The average Bonchev–Trinajstić information content (AvgIpc) is 2.84. The third kappa shape index (κ3) is 4.03. The first-order valence-electron chi connectivity index (χ1n) is 7.23. The van der Waals surface area contributed by atoms with Crippen LogP contribution in [0.25, 0.3) is 17.2 Å². The molecule has 0 aromatic heterocycles. The molecule has 0 amide bonds. The fraction of sp³-hybridized carbons (Fsp3) is 0.222. The van der Waals surface area contributed by atoms with Gasteiger partial charge in [0.15, 0.2) is 0 Å². The van der Waals surface area contributed by atoms with Gasteiger partial charge in [0, 0.05) is 0 Å². The van der Waals surface area contributed by atoms with E-state index in [1.807, 2.05) is 0 Å². The fourth-order valence-corrected chi connectivity index (χ4v) is 5.06. The molecule has 4 heteroatoms. The third-order valence-electron chi connectivity index (χ3n) is 3.94. The maximum absolute atomic E-state index is 4.93. The van der Waals surface area contributed by atoms with Crippen molar-refractivity contribution in [3.63, 3.8) is 0 Å². The summed E-state index contributed by atoms with van der Waals surface area (Å²) in [6.45, 7) is 7.12. The summed E-state index contributed by atoms with van der Waals surface area (Å²) in [7, 11) is 9.53. The molecular formula is C18H19Cl2SiZr. The molecule has 22 heavy (non-hydrogen) atoms. The second-order valence-electron chi connectivity index (χ2n) is 5.64. The second-order valence-corrected chi connectivity index (χ2v) is 12.1. The van der Waals surface area contributed by atoms with Crippen molar-refractivity contribution in [3.05, 3.63) is 65.2 Å². The van der Waals surface area contributed by atoms with Gasteiger partial charge in [-0.1, -0.05) is 73.3 Å². The van der Waals surface area contributed by atoms with E-state index in [0.29, 0.717) is 5.54 Å². The fourth-order valence-electron chi connectivity index (χ4n) is 3.19. The van der Waals surface area contributed by atoms with E-state index in [-0.39, 0.29) is 8.80 Å². The number of hydrogen-bond donors (Lipinski definition) is 0. The van der Waals surface area contributed by atoms with Crippen molar-refractivity contribution in [1.82, 2.24) is 0 Å². The van der Waals surface area contributed by atoms with Gasteiger partial charge in [-0.2, -0.15) is 0 Å². The molecule has 2 aromatic rings. The summed E-state index contributed by atoms with van der Waals surface area (Å²) in [5, 5.41) is 0. The van der Waals surface area contributed by atoms with Crippen LogP contribution in [0.5, 0.6) is 0 Å². The van der Waals surface area contributed by atoms with Crippen molar-refractivity contribution < 1.29 is 20.8 Å². The van der Waals surface area contributed by atoms with E-state index >= 15 is 0 Å². The summed E-state index contributed by atoms with van der Waals surface area (Å²) in [5.41, 5.74) is 7.91. The summed E-state index contributed by atoms with van der Waals surface area (Å²) in [6.07, 6.45) is 2.40. The first kappa shape index (κ1) is 18.2. The third-order valence-corrected chi connectivity index (χ3v) is 5.86. The standard InChI is InChI=1S/C18H19Si.2ClH.Zr/c1-13-12-17-15(14-8-5-4-6-9-14)10-7-11-16(17)18(13)19(2)3;;;/h4-12,18H,1-3H3;2*1H;/q;;;+2/p-2. The Kier molecular flexibility index (Phi) is 7.15. The Morgan fingerprint density at radius 2 is 1.59 bits per heavy atom. The van der Waals surface area contributed by atoms with Gasteiger partial charge < -0.3 is 0 Å². The number of halogens is 2. The van der Waals surface area contributed by atoms with Crippen molar-refractivity contribution in [1.29, 1.82) is 0 Å². The van der Waals surface area contributed by atoms with Crippen molar-refractivity contribution in [3.8, 4) is 11.1 Å². The summed E-state index contributed by atoms with van der Waals surface area (Å²) >= 11 is -0.826. The molecular weight excluding hydrogens is 406 g/mol. The van der Waals surface area contributed by atoms with E-state index < -0.39 is 20.8 Å². The zero-order valence-corrected chi connectivity index (χ0v) is 18.0. The molecule has 0 fully saturated rings. The number of benzene rings is 2. The van der Waals surface area contributed by atoms with E-state index in [4.69, 9.17) is 17.0 Å². The molecule has 0 N–H and O–H groups in total. The Hall–Kier alpha value is -0.140. The molecule has 1 radical (unpaired) electrons. The normalized spacial score (nSPS) is 15.7. The molecule has 2 aromatic carbocycles. The van der Waals surface area contributed by atoms with Crippen LogP contribution < -0.4 is 0 Å². The molecule has 0 heterocycles. The summed E-state index contributed by atoms with van der Waals surface area (Å²) in [4.78, 5) is 0. The van der Waals surface area contributed by atoms with Gasteiger partial charge in [-0.05, 0) is 34.7 Å². The predicted molar refractivity (Wildman–Crippen MR) is 97.5 cm³/mol. The van der Waals surface area contributed by atoms with Crippen molar-refractivity contribution in [2.75, 3.05) is 0 Å². The Bertz CT molecular complexity index is 653. The number of fused-ring (bicyclic) bond motifs is 1. The minimum atomic E-state index is -0.826. The van der Waals surface area contributed by atoms with Crippen LogP contribution >= 0.6 is 17.0 Å². The number of allylic oxidation sites excluding steroid dienone is 1. The molecule has 0 nitrogen and oxygen atoms in total. The van der Waals surface area contributed by atoms with Gasteiger partial charge in [0.25, 0.3) is 0 Å². The Labute approximate surface area is 153 Å². The molecule has 3 rings (SSSR count). The van der Waals surface area contributed by atoms with Gasteiger partial charge in [0.2, 0.25) is 0 Å². The van der Waals surface area contributed by atoms with E-state index in [2.05, 4.69) is 74.6 Å². The molecule has 0 saturated carbocycles. The van der Waals surface area contributed by atoms with Crippen LogP contribution in [0.3, 0.4) is 0 Å². The first-order valence-corrected chi connectivity index (χ1v) is 16.1. The van der Waals surface area contributed by atoms with Crippen LogP contribution in [0.4, 0.5) is 0 Å². The van der Waals surface area contributed by atoms with E-state index in [9.17, 15) is 0 Å². The van der Waals surface area contributed by atoms with Gasteiger partial charge in [-0.3, -0.25) is 0 Å². The van der Waals surface area contributed by atoms with Crippen LogP contribution in [-0.2, 0) is 20.8 Å². The molecule has 0 spiro atoms. The SMILES string of the molecule is CC1=Cc2c(-c3ccccc3)cccc2C1[Si](C)C.[Cl][Zr][Cl]. The average molecular weight is 426 g/mol. The molecule has 0 bridgehead atoms. The Morgan fingerprint density at radius 1 is 0.955 bits per heavy atom. The van der Waals surface area contributed by atoms with Crippen LogP contribution in [0.1, 0.15) is 23.6 Å². The topological polar surface area (TPSA) is 0 Å². The Morgan fingerprint density at radius 3 is 2.18 bits per heavy atom. The zero-order valence-electron chi connectivity index (χ0n) is 13.0. The number of hydrogen-bond acceptors (Lipinski definition) is 0. The van der Waals surface area contributed by atoms with Crippen molar-refractivity contribution in [2.45, 2.75) is 25.6 Å². The van der Waals surface area contributed by atoms with E-state index in [1.165, 1.54) is 27.8 Å². The first-order chi connectivity index (χ1) is 10.6. The number of rotatable bonds is 2. The minimum absolute atomic E-state index is 0.339. The molecule has 1 atom stereocenters. The van der Waals surface area contributed by atoms with Crippen LogP contribution in [0, 0.1) is 0 Å². The summed E-state index contributed by atoms with van der Waals surface area (Å²) < 4.78 is 0. The molecule has 0 saturated heterocycles. The van der Waals surface area contributed by atoms with Gasteiger partial charge in [0.1, 0.15) is 0 Å². The van der Waals surface area contributed by atoms with Crippen LogP contribution in [0.2, 0.25) is 13.1 Å². The van der Waals surface area contributed by atoms with Crippen LogP contribution in [0.15, 0.2) is 54.1 Å². The maximum atomic E-state index is 4.93. The van der Waals surface area contributed by atoms with Crippen molar-refractivity contribution in [2.24, 2.45) is 0 Å². The molecule has 1 aliphatic rings. The van der Waals surface area contributed by atoms with E-state index in [0.717, 1.165) is 0 Å². The quantitative estimate of drug-likeness (QED) is 0.480. The van der Waals surface area contributed by atoms with Gasteiger partial charge in [0.05, 0.1) is 8.80 Å². The zero-order chi connectivity index (χ0) is 16.1. The van der Waals surface area contributed by atoms with Crippen molar-refractivity contribution >= 4 is 31.9 Å². The molecule has 1 unspecified atom stereocenters. The summed E-state index contributed by atoms with van der Waals surface area (Å²) in [6, 6.07) is 17.5. The molecule has 0 aliphatic heterocycles. The van der Waals surface area contributed by atoms with Gasteiger partial charge in [-0.15, -0.1) is 0 Å². The van der Waals surface area contributed by atoms with Gasteiger partial charge >= 0.3 is 37.9 Å². The second kappa shape index (κ2) is 8.64. The monoisotopic (exact) mass is 423 g/mol. The van der Waals surface area contributed by atoms with E-state index in [1.54, 1.807) is 0 Å². The molecule has 113 valence electrons. The predicted octanol–water partition coefficient (Wildman–Crippen LogP) is 6.52. The van der Waals surface area contributed by atoms with Crippen LogP contribution in [-0.4, -0.2) is 8.80 Å². The van der Waals surface area contributed by atoms with Gasteiger partial charge in [-0.25, -0.2) is 0 Å². The Balaban J connectivity index is 0.000000545. The molecule has 1 aliphatic carbocycles.